The maximum Gasteiger partial charge on any atom is 0.339 e. The van der Waals surface area contributed by atoms with Gasteiger partial charge in [-0.15, -0.1) is 10.2 Å². The van der Waals surface area contributed by atoms with E-state index in [1.807, 2.05) is 12.1 Å². The molecule has 0 amide bonds. The van der Waals surface area contributed by atoms with E-state index in [1.165, 1.54) is 7.11 Å². The lowest BCUT2D eigenvalue weighted by Crippen LogP contribution is -2.10. The zero-order chi connectivity index (χ0) is 17.3. The molecule has 3 rings (SSSR count). The zero-order valence-electron chi connectivity index (χ0n) is 14.4. The molecule has 1 N–H and O–H groups in total. The van der Waals surface area contributed by atoms with Gasteiger partial charge in [0, 0.05) is 11.3 Å². The van der Waals surface area contributed by atoms with Crippen molar-refractivity contribution >= 4 is 22.4 Å². The number of anilines is 1. The predicted molar refractivity (Wildman–Crippen MR) is 93.5 cm³/mol. The summed E-state index contributed by atoms with van der Waals surface area (Å²) in [6, 6.07) is 3.67. The van der Waals surface area contributed by atoms with Gasteiger partial charge in [-0.05, 0) is 25.0 Å². The molecule has 2 heterocycles. The number of nitrogens with one attached hydrogen (secondary N) is 1. The van der Waals surface area contributed by atoms with Crippen molar-refractivity contribution < 1.29 is 9.53 Å². The molecule has 0 spiro atoms. The molecule has 0 aromatic carbocycles. The molecule has 24 heavy (non-hydrogen) atoms. The molecule has 0 atom stereocenters. The Morgan fingerprint density at radius 1 is 1.33 bits per heavy atom. The summed E-state index contributed by atoms with van der Waals surface area (Å²) in [6.45, 7) is 6.91. The first-order valence-corrected chi connectivity index (χ1v) is 8.86. The lowest BCUT2D eigenvalue weighted by Gasteiger charge is -2.12. The second kappa shape index (κ2) is 6.47. The summed E-state index contributed by atoms with van der Waals surface area (Å²) in [5.41, 5.74) is 2.32. The molecular weight excluding hydrogens is 324 g/mol. The highest BCUT2D eigenvalue weighted by Gasteiger charge is 2.30. The van der Waals surface area contributed by atoms with Crippen LogP contribution in [0.25, 0.3) is 0 Å². The summed E-state index contributed by atoms with van der Waals surface area (Å²) in [6.07, 6.45) is 2.17. The molecule has 2 aromatic heterocycles. The molecule has 7 heteroatoms. The van der Waals surface area contributed by atoms with E-state index in [2.05, 4.69) is 41.3 Å². The Labute approximate surface area is 145 Å². The van der Waals surface area contributed by atoms with E-state index < -0.39 is 0 Å². The van der Waals surface area contributed by atoms with E-state index in [-0.39, 0.29) is 11.4 Å². The van der Waals surface area contributed by atoms with E-state index in [9.17, 15) is 4.79 Å². The third kappa shape index (κ3) is 3.72. The third-order valence-corrected chi connectivity index (χ3v) is 5.15. The van der Waals surface area contributed by atoms with Crippen molar-refractivity contribution in [1.82, 2.24) is 15.2 Å². The highest BCUT2D eigenvalue weighted by Crippen LogP contribution is 2.40. The second-order valence-corrected chi connectivity index (χ2v) is 7.99. The van der Waals surface area contributed by atoms with Gasteiger partial charge in [-0.3, -0.25) is 4.98 Å². The Balaban J connectivity index is 1.72. The first-order chi connectivity index (χ1) is 11.4. The number of aromatic nitrogens is 3. The van der Waals surface area contributed by atoms with Crippen LogP contribution in [0.5, 0.6) is 0 Å². The monoisotopic (exact) mass is 346 g/mol. The highest BCUT2D eigenvalue weighted by atomic mass is 32.1. The molecule has 1 saturated carbocycles. The molecule has 1 aliphatic rings. The van der Waals surface area contributed by atoms with E-state index in [4.69, 9.17) is 4.74 Å². The van der Waals surface area contributed by atoms with Crippen LogP contribution in [0.3, 0.4) is 0 Å². The molecule has 0 unspecified atom stereocenters. The average Bonchev–Trinajstić information content (AvgIpc) is 3.28. The molecule has 2 aromatic rings. The van der Waals surface area contributed by atoms with Crippen LogP contribution in [-0.2, 0) is 16.7 Å². The number of hydrogen-bond donors (Lipinski definition) is 1. The summed E-state index contributed by atoms with van der Waals surface area (Å²) >= 11 is 1.56. The van der Waals surface area contributed by atoms with E-state index >= 15 is 0 Å². The Morgan fingerprint density at radius 3 is 2.67 bits per heavy atom. The van der Waals surface area contributed by atoms with Gasteiger partial charge < -0.3 is 10.1 Å². The molecule has 1 fully saturated rings. The average molecular weight is 346 g/mol. The lowest BCUT2D eigenvalue weighted by molar-refractivity contribution is 0.0598. The second-order valence-electron chi connectivity index (χ2n) is 7.02. The van der Waals surface area contributed by atoms with Crippen molar-refractivity contribution in [1.29, 1.82) is 0 Å². The quantitative estimate of drug-likeness (QED) is 0.835. The fourth-order valence-corrected chi connectivity index (χ4v) is 3.13. The predicted octanol–water partition coefficient (Wildman–Crippen LogP) is 3.51. The van der Waals surface area contributed by atoms with Gasteiger partial charge in [-0.2, -0.15) is 0 Å². The number of carbonyl (C=O) groups is 1. The summed E-state index contributed by atoms with van der Waals surface area (Å²) in [5.74, 6) is 0.0657. The fraction of sp³-hybridized carbons (Fsp3) is 0.529. The summed E-state index contributed by atoms with van der Waals surface area (Å²) < 4.78 is 4.85. The van der Waals surface area contributed by atoms with E-state index in [0.717, 1.165) is 34.4 Å². The molecule has 6 nitrogen and oxygen atoms in total. The summed E-state index contributed by atoms with van der Waals surface area (Å²) in [4.78, 5) is 16.5. The topological polar surface area (TPSA) is 77.0 Å². The number of rotatable bonds is 5. The number of pyridine rings is 1. The number of nitrogens with zero attached hydrogens (tertiary/aromatic N) is 3. The Morgan fingerprint density at radius 2 is 2.08 bits per heavy atom. The summed E-state index contributed by atoms with van der Waals surface area (Å²) in [7, 11) is 1.40. The van der Waals surface area contributed by atoms with Crippen LogP contribution in [0.1, 0.15) is 66.3 Å². The molecule has 1 aliphatic carbocycles. The molecule has 0 bridgehead atoms. The minimum absolute atomic E-state index is 0.00283. The Kier molecular flexibility index (Phi) is 4.54. The Bertz CT molecular complexity index is 747. The number of esters is 1. The van der Waals surface area contributed by atoms with Crippen LogP contribution in [0.2, 0.25) is 0 Å². The van der Waals surface area contributed by atoms with Gasteiger partial charge >= 0.3 is 5.97 Å². The first kappa shape index (κ1) is 16.8. The lowest BCUT2D eigenvalue weighted by atomic mass is 9.98. The minimum atomic E-state index is -0.317. The molecule has 0 saturated heterocycles. The van der Waals surface area contributed by atoms with Crippen LogP contribution in [0.4, 0.5) is 5.13 Å². The van der Waals surface area contributed by atoms with Crippen molar-refractivity contribution in [3.63, 3.8) is 0 Å². The van der Waals surface area contributed by atoms with Crippen molar-refractivity contribution in [2.24, 2.45) is 0 Å². The number of methoxy groups -OCH3 is 1. The molecule has 0 radical (unpaired) electrons. The SMILES string of the molecule is COC(=O)c1ccc(CNc2nnc(C(C)(C)C)s2)nc1C1CC1. The molecular formula is C17H22N4O2S. The van der Waals surface area contributed by atoms with Gasteiger partial charge in [0.05, 0.1) is 30.6 Å². The van der Waals surface area contributed by atoms with Crippen molar-refractivity contribution in [3.8, 4) is 0 Å². The van der Waals surface area contributed by atoms with Crippen LogP contribution in [0.15, 0.2) is 12.1 Å². The fourth-order valence-electron chi connectivity index (χ4n) is 2.33. The van der Waals surface area contributed by atoms with E-state index in [0.29, 0.717) is 18.0 Å². The standard InChI is InChI=1S/C17H22N4O2S/c1-17(2,3)15-20-21-16(24-15)18-9-11-7-8-12(14(22)23-4)13(19-11)10-5-6-10/h7-8,10H,5-6,9H2,1-4H3,(H,18,21). The number of carbonyl (C=O) groups excluding carboxylic acids is 1. The van der Waals surface area contributed by atoms with Gasteiger partial charge in [-0.1, -0.05) is 32.1 Å². The van der Waals surface area contributed by atoms with Crippen LogP contribution >= 0.6 is 11.3 Å². The maximum absolute atomic E-state index is 11.9. The number of hydrogen-bond acceptors (Lipinski definition) is 7. The maximum atomic E-state index is 11.9. The van der Waals surface area contributed by atoms with Crippen molar-refractivity contribution in [2.75, 3.05) is 12.4 Å². The smallest absolute Gasteiger partial charge is 0.339 e. The van der Waals surface area contributed by atoms with E-state index in [1.54, 1.807) is 11.3 Å². The highest BCUT2D eigenvalue weighted by molar-refractivity contribution is 7.15. The van der Waals surface area contributed by atoms with Gasteiger partial charge in [0.25, 0.3) is 0 Å². The van der Waals surface area contributed by atoms with Gasteiger partial charge in [0.15, 0.2) is 0 Å². The zero-order valence-corrected chi connectivity index (χ0v) is 15.2. The third-order valence-electron chi connectivity index (χ3n) is 3.84. The summed E-state index contributed by atoms with van der Waals surface area (Å²) in [5, 5.41) is 13.5. The first-order valence-electron chi connectivity index (χ1n) is 8.04. The Hall–Kier alpha value is -2.02. The molecule has 128 valence electrons. The molecule has 0 aliphatic heterocycles. The number of ether oxygens (including phenoxy) is 1. The van der Waals surface area contributed by atoms with Crippen LogP contribution < -0.4 is 5.32 Å². The normalized spacial score (nSPS) is 14.5. The van der Waals surface area contributed by atoms with Gasteiger partial charge in [0.2, 0.25) is 5.13 Å². The van der Waals surface area contributed by atoms with Crippen molar-refractivity contribution in [3.05, 3.63) is 34.1 Å². The van der Waals surface area contributed by atoms with Crippen LogP contribution in [0, 0.1) is 0 Å². The minimum Gasteiger partial charge on any atom is -0.465 e. The van der Waals surface area contributed by atoms with Gasteiger partial charge in [-0.25, -0.2) is 4.79 Å². The van der Waals surface area contributed by atoms with Crippen LogP contribution in [-0.4, -0.2) is 28.3 Å². The van der Waals surface area contributed by atoms with Crippen molar-refractivity contribution in [2.45, 2.75) is 51.5 Å². The largest absolute Gasteiger partial charge is 0.465 e. The van der Waals surface area contributed by atoms with Gasteiger partial charge in [0.1, 0.15) is 5.01 Å².